The van der Waals surface area contributed by atoms with Gasteiger partial charge in [0.15, 0.2) is 0 Å². The summed E-state index contributed by atoms with van der Waals surface area (Å²) < 4.78 is 3.48. The molecule has 1 aliphatic heterocycles. The summed E-state index contributed by atoms with van der Waals surface area (Å²) >= 11 is 3.53. The largest absolute Gasteiger partial charge is 0.328 e. The maximum atomic E-state index is 4.91. The fourth-order valence-corrected chi connectivity index (χ4v) is 3.48. The third kappa shape index (κ3) is 2.43. The maximum Gasteiger partial charge on any atom is 0.113 e. The molecule has 0 spiro atoms. The van der Waals surface area contributed by atoms with Crippen molar-refractivity contribution in [3.63, 3.8) is 0 Å². The predicted molar refractivity (Wildman–Crippen MR) is 82.5 cm³/mol. The fourth-order valence-electron chi connectivity index (χ4n) is 3.13. The van der Waals surface area contributed by atoms with E-state index in [1.165, 1.54) is 24.2 Å². The quantitative estimate of drug-likeness (QED) is 0.914. The number of piperidine rings is 1. The van der Waals surface area contributed by atoms with Crippen molar-refractivity contribution >= 4 is 27.0 Å². The predicted octanol–water partition coefficient (Wildman–Crippen LogP) is 3.67. The molecule has 2 heterocycles. The zero-order valence-electron chi connectivity index (χ0n) is 11.5. The molecule has 0 aliphatic carbocycles. The number of fused-ring (bicyclic) bond motifs is 1. The number of aryl methyl sites for hydroxylation is 1. The Morgan fingerprint density at radius 3 is 3.05 bits per heavy atom. The third-order valence-corrected chi connectivity index (χ3v) is 4.54. The van der Waals surface area contributed by atoms with Gasteiger partial charge in [0.2, 0.25) is 0 Å². The molecule has 1 aliphatic rings. The molecule has 0 saturated carbocycles. The summed E-state index contributed by atoms with van der Waals surface area (Å²) in [5.74, 6) is 1.85. The lowest BCUT2D eigenvalue weighted by atomic mass is 9.92. The van der Waals surface area contributed by atoms with Crippen molar-refractivity contribution < 1.29 is 0 Å². The van der Waals surface area contributed by atoms with E-state index in [1.54, 1.807) is 0 Å². The first-order chi connectivity index (χ1) is 9.19. The summed E-state index contributed by atoms with van der Waals surface area (Å²) in [6.07, 6.45) is 2.37. The Morgan fingerprint density at radius 1 is 1.47 bits per heavy atom. The lowest BCUT2D eigenvalue weighted by molar-refractivity contribution is 0.365. The molecule has 4 heteroatoms. The van der Waals surface area contributed by atoms with Crippen molar-refractivity contribution in [2.24, 2.45) is 0 Å². The number of halogens is 1. The molecule has 102 valence electrons. The summed E-state index contributed by atoms with van der Waals surface area (Å²) in [4.78, 5) is 4.91. The van der Waals surface area contributed by atoms with Crippen LogP contribution >= 0.6 is 15.9 Å². The van der Waals surface area contributed by atoms with Gasteiger partial charge in [0.1, 0.15) is 5.82 Å². The summed E-state index contributed by atoms with van der Waals surface area (Å²) in [6.45, 7) is 6.56. The Hall–Kier alpha value is -0.870. The molecule has 0 radical (unpaired) electrons. The zero-order chi connectivity index (χ0) is 13.4. The van der Waals surface area contributed by atoms with Gasteiger partial charge in [0.25, 0.3) is 0 Å². The van der Waals surface area contributed by atoms with Crippen LogP contribution in [0.1, 0.15) is 38.4 Å². The topological polar surface area (TPSA) is 29.9 Å². The summed E-state index contributed by atoms with van der Waals surface area (Å²) in [7, 11) is 0. The average molecular weight is 322 g/mol. The van der Waals surface area contributed by atoms with Gasteiger partial charge in [-0.15, -0.1) is 0 Å². The van der Waals surface area contributed by atoms with E-state index < -0.39 is 0 Å². The molecule has 2 unspecified atom stereocenters. The molecule has 3 nitrogen and oxygen atoms in total. The molecule has 1 N–H and O–H groups in total. The highest BCUT2D eigenvalue weighted by Crippen LogP contribution is 2.30. The summed E-state index contributed by atoms with van der Waals surface area (Å²) in [5, 5.41) is 3.52. The molecule has 1 aromatic heterocycles. The zero-order valence-corrected chi connectivity index (χ0v) is 13.1. The van der Waals surface area contributed by atoms with Gasteiger partial charge in [-0.2, -0.15) is 0 Å². The van der Waals surface area contributed by atoms with Gasteiger partial charge in [0, 0.05) is 23.0 Å². The lowest BCUT2D eigenvalue weighted by Crippen LogP contribution is -2.35. The second kappa shape index (κ2) is 5.25. The molecule has 0 bridgehead atoms. The Bertz CT molecular complexity index is 590. The van der Waals surface area contributed by atoms with Crippen LogP contribution < -0.4 is 5.32 Å². The molecular formula is C15H20BrN3. The maximum absolute atomic E-state index is 4.91. The monoisotopic (exact) mass is 321 g/mol. The number of hydrogen-bond donors (Lipinski definition) is 1. The lowest BCUT2D eigenvalue weighted by Gasteiger charge is -2.27. The van der Waals surface area contributed by atoms with E-state index in [-0.39, 0.29) is 0 Å². The molecule has 0 amide bonds. The Balaban J connectivity index is 2.06. The number of imidazole rings is 1. The summed E-state index contributed by atoms with van der Waals surface area (Å²) in [6, 6.07) is 6.99. The van der Waals surface area contributed by atoms with Crippen molar-refractivity contribution in [2.45, 2.75) is 45.2 Å². The number of aromatic nitrogens is 2. The van der Waals surface area contributed by atoms with Crippen molar-refractivity contribution in [1.82, 2.24) is 14.9 Å². The minimum atomic E-state index is 0.586. The molecule has 1 saturated heterocycles. The minimum Gasteiger partial charge on any atom is -0.328 e. The van der Waals surface area contributed by atoms with E-state index >= 15 is 0 Å². The Morgan fingerprint density at radius 2 is 2.32 bits per heavy atom. The fraction of sp³-hybridized carbons (Fsp3) is 0.533. The standard InChI is InChI=1S/C15H20BrN3/c1-3-19-14-5-4-12(16)9-13(14)18-15(19)11-6-7-17-10(2)8-11/h4-5,9-11,17H,3,6-8H2,1-2H3. The minimum absolute atomic E-state index is 0.586. The van der Waals surface area contributed by atoms with E-state index in [9.17, 15) is 0 Å². The molecule has 19 heavy (non-hydrogen) atoms. The Labute approximate surface area is 122 Å². The molecule has 2 atom stereocenters. The van der Waals surface area contributed by atoms with Gasteiger partial charge in [-0.3, -0.25) is 0 Å². The van der Waals surface area contributed by atoms with Crippen molar-refractivity contribution in [2.75, 3.05) is 6.54 Å². The first kappa shape index (κ1) is 13.1. The van der Waals surface area contributed by atoms with Crippen LogP contribution in [0, 0.1) is 0 Å². The smallest absolute Gasteiger partial charge is 0.113 e. The van der Waals surface area contributed by atoms with Gasteiger partial charge in [-0.25, -0.2) is 4.98 Å². The first-order valence-corrected chi connectivity index (χ1v) is 7.87. The van der Waals surface area contributed by atoms with Gasteiger partial charge in [-0.1, -0.05) is 15.9 Å². The molecule has 3 rings (SSSR count). The van der Waals surface area contributed by atoms with Crippen LogP contribution in [-0.2, 0) is 6.54 Å². The van der Waals surface area contributed by atoms with Crippen LogP contribution in [0.3, 0.4) is 0 Å². The number of benzene rings is 1. The third-order valence-electron chi connectivity index (χ3n) is 4.04. The van der Waals surface area contributed by atoms with Crippen LogP contribution in [0.2, 0.25) is 0 Å². The van der Waals surface area contributed by atoms with Gasteiger partial charge >= 0.3 is 0 Å². The second-order valence-electron chi connectivity index (χ2n) is 5.42. The van der Waals surface area contributed by atoms with Gasteiger partial charge in [0.05, 0.1) is 11.0 Å². The first-order valence-electron chi connectivity index (χ1n) is 7.08. The van der Waals surface area contributed by atoms with E-state index in [1.807, 2.05) is 0 Å². The van der Waals surface area contributed by atoms with Crippen LogP contribution in [0.4, 0.5) is 0 Å². The number of nitrogens with zero attached hydrogens (tertiary/aromatic N) is 2. The van der Waals surface area contributed by atoms with Crippen LogP contribution in [0.15, 0.2) is 22.7 Å². The molecular weight excluding hydrogens is 302 g/mol. The number of nitrogens with one attached hydrogen (secondary N) is 1. The van der Waals surface area contributed by atoms with Crippen molar-refractivity contribution in [3.8, 4) is 0 Å². The Kier molecular flexibility index (Phi) is 3.63. The highest BCUT2D eigenvalue weighted by molar-refractivity contribution is 9.10. The number of hydrogen-bond acceptors (Lipinski definition) is 2. The van der Waals surface area contributed by atoms with E-state index in [4.69, 9.17) is 4.98 Å². The van der Waals surface area contributed by atoms with E-state index in [0.29, 0.717) is 12.0 Å². The van der Waals surface area contributed by atoms with Crippen LogP contribution in [0.25, 0.3) is 11.0 Å². The SMILES string of the molecule is CCn1c(C2CCNC(C)C2)nc2cc(Br)ccc21. The molecule has 1 aromatic carbocycles. The molecule has 1 fully saturated rings. The van der Waals surface area contributed by atoms with Gasteiger partial charge < -0.3 is 9.88 Å². The van der Waals surface area contributed by atoms with Crippen LogP contribution in [0.5, 0.6) is 0 Å². The van der Waals surface area contributed by atoms with Crippen LogP contribution in [-0.4, -0.2) is 22.1 Å². The van der Waals surface area contributed by atoms with E-state index in [2.05, 4.69) is 57.9 Å². The van der Waals surface area contributed by atoms with Crippen molar-refractivity contribution in [1.29, 1.82) is 0 Å². The summed E-state index contributed by atoms with van der Waals surface area (Å²) in [5.41, 5.74) is 2.37. The van der Waals surface area contributed by atoms with Crippen molar-refractivity contribution in [3.05, 3.63) is 28.5 Å². The van der Waals surface area contributed by atoms with Gasteiger partial charge in [-0.05, 0) is 51.4 Å². The highest BCUT2D eigenvalue weighted by atomic mass is 79.9. The number of rotatable bonds is 2. The molecule has 2 aromatic rings. The normalized spacial score (nSPS) is 23.9. The average Bonchev–Trinajstić information content (AvgIpc) is 2.76. The second-order valence-corrected chi connectivity index (χ2v) is 6.34. The highest BCUT2D eigenvalue weighted by Gasteiger charge is 2.24. The van der Waals surface area contributed by atoms with E-state index in [0.717, 1.165) is 23.1 Å².